The van der Waals surface area contributed by atoms with Crippen LogP contribution in [0.1, 0.15) is 50.3 Å². The van der Waals surface area contributed by atoms with Gasteiger partial charge in [0.15, 0.2) is 6.61 Å². The van der Waals surface area contributed by atoms with Crippen molar-refractivity contribution < 1.29 is 19.1 Å². The first-order valence-electron chi connectivity index (χ1n) is 9.22. The lowest BCUT2D eigenvalue weighted by Crippen LogP contribution is -2.29. The van der Waals surface area contributed by atoms with Crippen LogP contribution in [0.15, 0.2) is 54.6 Å². The first kappa shape index (κ1) is 21.2. The zero-order chi connectivity index (χ0) is 20.5. The summed E-state index contributed by atoms with van der Waals surface area (Å²) in [5.41, 5.74) is 2.62. The fourth-order valence-corrected chi connectivity index (χ4v) is 2.70. The van der Waals surface area contributed by atoms with Crippen molar-refractivity contribution in [3.05, 3.63) is 65.7 Å². The summed E-state index contributed by atoms with van der Waals surface area (Å²) in [7, 11) is 0. The highest BCUT2D eigenvalue weighted by molar-refractivity contribution is 5.92. The van der Waals surface area contributed by atoms with Crippen molar-refractivity contribution in [1.82, 2.24) is 5.32 Å². The molecule has 1 atom stereocenters. The van der Waals surface area contributed by atoms with Crippen LogP contribution in [-0.4, -0.2) is 24.4 Å². The van der Waals surface area contributed by atoms with Gasteiger partial charge in [-0.05, 0) is 29.2 Å². The number of nitrogens with one attached hydrogen (secondary N) is 2. The average molecular weight is 382 g/mol. The van der Waals surface area contributed by atoms with Gasteiger partial charge in [0.05, 0.1) is 12.5 Å². The van der Waals surface area contributed by atoms with E-state index in [0.29, 0.717) is 11.6 Å². The van der Waals surface area contributed by atoms with Gasteiger partial charge in [0, 0.05) is 12.6 Å². The molecule has 0 fully saturated rings. The number of ether oxygens (including phenoxy) is 1. The normalized spacial score (nSPS) is 11.6. The highest BCUT2D eigenvalue weighted by Gasteiger charge is 2.18. The molecule has 0 heterocycles. The monoisotopic (exact) mass is 382 g/mol. The Labute approximate surface area is 165 Å². The summed E-state index contributed by atoms with van der Waals surface area (Å²) in [5, 5.41) is 5.42. The van der Waals surface area contributed by atoms with Crippen molar-refractivity contribution >= 4 is 23.5 Å². The van der Waals surface area contributed by atoms with Crippen molar-refractivity contribution in [2.45, 2.75) is 39.2 Å². The number of hydrogen-bond donors (Lipinski definition) is 2. The van der Waals surface area contributed by atoms with E-state index in [4.69, 9.17) is 4.74 Å². The molecule has 0 saturated heterocycles. The maximum Gasteiger partial charge on any atom is 0.308 e. The van der Waals surface area contributed by atoms with Crippen molar-refractivity contribution in [2.24, 2.45) is 0 Å². The van der Waals surface area contributed by atoms with Gasteiger partial charge in [0.1, 0.15) is 0 Å². The van der Waals surface area contributed by atoms with Gasteiger partial charge >= 0.3 is 5.97 Å². The average Bonchev–Trinajstić information content (AvgIpc) is 2.66. The molecule has 0 unspecified atom stereocenters. The molecule has 2 N–H and O–H groups in total. The number of carbonyl (C=O) groups excluding carboxylic acids is 3. The highest BCUT2D eigenvalue weighted by atomic mass is 16.5. The Bertz CT molecular complexity index is 801. The maximum absolute atomic E-state index is 12.1. The number of anilines is 1. The molecule has 2 aromatic carbocycles. The number of benzene rings is 2. The molecule has 148 valence electrons. The second-order valence-electron chi connectivity index (χ2n) is 6.85. The van der Waals surface area contributed by atoms with Crippen LogP contribution < -0.4 is 10.6 Å². The zero-order valence-corrected chi connectivity index (χ0v) is 16.4. The Morgan fingerprint density at radius 1 is 0.929 bits per heavy atom. The predicted molar refractivity (Wildman–Crippen MR) is 108 cm³/mol. The summed E-state index contributed by atoms with van der Waals surface area (Å²) in [6, 6.07) is 16.2. The maximum atomic E-state index is 12.1. The molecule has 0 saturated carbocycles. The van der Waals surface area contributed by atoms with E-state index in [1.54, 1.807) is 0 Å². The van der Waals surface area contributed by atoms with Gasteiger partial charge in [-0.2, -0.15) is 0 Å². The molecule has 28 heavy (non-hydrogen) atoms. The van der Waals surface area contributed by atoms with Gasteiger partial charge in [-0.1, -0.05) is 56.3 Å². The van der Waals surface area contributed by atoms with Crippen molar-refractivity contribution in [3.63, 3.8) is 0 Å². The topological polar surface area (TPSA) is 84.5 Å². The van der Waals surface area contributed by atoms with E-state index in [-0.39, 0.29) is 18.9 Å². The van der Waals surface area contributed by atoms with Crippen LogP contribution in [0.3, 0.4) is 0 Å². The quantitative estimate of drug-likeness (QED) is 0.684. The molecule has 2 rings (SSSR count). The lowest BCUT2D eigenvalue weighted by Gasteiger charge is -2.17. The second-order valence-corrected chi connectivity index (χ2v) is 6.85. The number of rotatable bonds is 8. The van der Waals surface area contributed by atoms with Crippen LogP contribution in [0.25, 0.3) is 0 Å². The SMILES string of the molecule is CC(=O)N[C@H](CC(=O)OCC(=O)Nc1ccc(C(C)C)cc1)c1ccccc1. The number of hydrogen-bond acceptors (Lipinski definition) is 4. The van der Waals surface area contributed by atoms with Crippen molar-refractivity contribution in [2.75, 3.05) is 11.9 Å². The molecule has 2 aromatic rings. The largest absolute Gasteiger partial charge is 0.455 e. The smallest absolute Gasteiger partial charge is 0.308 e. The molecule has 6 heteroatoms. The van der Waals surface area contributed by atoms with Gasteiger partial charge in [-0.15, -0.1) is 0 Å². The van der Waals surface area contributed by atoms with Gasteiger partial charge in [0.25, 0.3) is 5.91 Å². The molecule has 2 amide bonds. The Kier molecular flexibility index (Phi) is 7.75. The first-order valence-corrected chi connectivity index (χ1v) is 9.22. The van der Waals surface area contributed by atoms with Gasteiger partial charge in [-0.25, -0.2) is 0 Å². The van der Waals surface area contributed by atoms with Crippen molar-refractivity contribution in [3.8, 4) is 0 Å². The van der Waals surface area contributed by atoms with Crippen LogP contribution in [-0.2, 0) is 19.1 Å². The molecule has 0 spiro atoms. The zero-order valence-electron chi connectivity index (χ0n) is 16.4. The Balaban J connectivity index is 1.85. The molecular formula is C22H26N2O4. The van der Waals surface area contributed by atoms with E-state index in [2.05, 4.69) is 24.5 Å². The summed E-state index contributed by atoms with van der Waals surface area (Å²) < 4.78 is 5.07. The molecule has 0 aromatic heterocycles. The third-order valence-electron chi connectivity index (χ3n) is 4.18. The Morgan fingerprint density at radius 2 is 1.57 bits per heavy atom. The van der Waals surface area contributed by atoms with Crippen LogP contribution >= 0.6 is 0 Å². The molecule has 0 radical (unpaired) electrons. The van der Waals surface area contributed by atoms with Gasteiger partial charge < -0.3 is 15.4 Å². The summed E-state index contributed by atoms with van der Waals surface area (Å²) in [5.74, 6) is -0.814. The molecule has 0 aliphatic rings. The lowest BCUT2D eigenvalue weighted by molar-refractivity contribution is -0.148. The first-order chi connectivity index (χ1) is 13.3. The Hall–Kier alpha value is -3.15. The molecule has 6 nitrogen and oxygen atoms in total. The summed E-state index contributed by atoms with van der Waals surface area (Å²) in [4.78, 5) is 35.6. The predicted octanol–water partition coefficient (Wildman–Crippen LogP) is 3.56. The van der Waals surface area contributed by atoms with Crippen LogP contribution in [0.5, 0.6) is 0 Å². The van der Waals surface area contributed by atoms with E-state index in [0.717, 1.165) is 5.56 Å². The minimum Gasteiger partial charge on any atom is -0.455 e. The standard InChI is InChI=1S/C22H26N2O4/c1-15(2)17-9-11-19(12-10-17)24-21(26)14-28-22(27)13-20(23-16(3)25)18-7-5-4-6-8-18/h4-12,15,20H,13-14H2,1-3H3,(H,23,25)(H,24,26)/t20-/m1/s1. The number of carbonyl (C=O) groups is 3. The van der Waals surface area contributed by atoms with Crippen LogP contribution in [0.4, 0.5) is 5.69 Å². The fourth-order valence-electron chi connectivity index (χ4n) is 2.70. The van der Waals surface area contributed by atoms with Crippen molar-refractivity contribution in [1.29, 1.82) is 0 Å². The lowest BCUT2D eigenvalue weighted by atomic mass is 10.0. The van der Waals surface area contributed by atoms with Gasteiger partial charge in [-0.3, -0.25) is 14.4 Å². The molecule has 0 aliphatic carbocycles. The molecular weight excluding hydrogens is 356 g/mol. The number of esters is 1. The minimum absolute atomic E-state index is 0.0556. The number of amides is 2. The van der Waals surface area contributed by atoms with Crippen LogP contribution in [0.2, 0.25) is 0 Å². The third kappa shape index (κ3) is 6.87. The Morgan fingerprint density at radius 3 is 2.14 bits per heavy atom. The summed E-state index contributed by atoms with van der Waals surface area (Å²) in [6.45, 7) is 5.19. The molecule has 0 bridgehead atoms. The van der Waals surface area contributed by atoms with Gasteiger partial charge in [0.2, 0.25) is 5.91 Å². The third-order valence-corrected chi connectivity index (χ3v) is 4.18. The van der Waals surface area contributed by atoms with Crippen LogP contribution in [0, 0.1) is 0 Å². The fraction of sp³-hybridized carbons (Fsp3) is 0.318. The van der Waals surface area contributed by atoms with E-state index in [1.165, 1.54) is 12.5 Å². The van der Waals surface area contributed by atoms with E-state index < -0.39 is 17.9 Å². The molecule has 0 aliphatic heterocycles. The summed E-state index contributed by atoms with van der Waals surface area (Å²) in [6.07, 6.45) is -0.0556. The van der Waals surface area contributed by atoms with E-state index in [9.17, 15) is 14.4 Å². The second kappa shape index (κ2) is 10.3. The van der Waals surface area contributed by atoms with E-state index >= 15 is 0 Å². The summed E-state index contributed by atoms with van der Waals surface area (Å²) >= 11 is 0. The highest BCUT2D eigenvalue weighted by Crippen LogP contribution is 2.18. The van der Waals surface area contributed by atoms with E-state index in [1.807, 2.05) is 54.6 Å². The minimum atomic E-state index is -0.562.